The van der Waals surface area contributed by atoms with Gasteiger partial charge in [-0.3, -0.25) is 9.69 Å². The molecular weight excluding hydrogens is 312 g/mol. The molecule has 0 spiro atoms. The minimum Gasteiger partial charge on any atom is -0.472 e. The summed E-state index contributed by atoms with van der Waals surface area (Å²) in [6.07, 6.45) is 5.06. The van der Waals surface area contributed by atoms with Gasteiger partial charge in [0.15, 0.2) is 5.13 Å². The van der Waals surface area contributed by atoms with Crippen molar-refractivity contribution in [3.05, 3.63) is 48.4 Å². The van der Waals surface area contributed by atoms with Gasteiger partial charge in [0.2, 0.25) is 0 Å². The standard InChI is InChI=1S/C17H16N2O3S/c20-16(12-7-9-21-11-12)19(10-13-4-3-8-22-13)17-18-14-5-1-2-6-15(14)23-17/h1-2,5-7,9,11,13H,3-4,8,10H2/t13-/m0/s1. The summed E-state index contributed by atoms with van der Waals surface area (Å²) in [5.74, 6) is -0.103. The predicted molar refractivity (Wildman–Crippen MR) is 89.0 cm³/mol. The first kappa shape index (κ1) is 14.4. The van der Waals surface area contributed by atoms with E-state index in [2.05, 4.69) is 4.98 Å². The Morgan fingerprint density at radius 1 is 1.35 bits per heavy atom. The van der Waals surface area contributed by atoms with Crippen LogP contribution in [-0.2, 0) is 4.74 Å². The Balaban J connectivity index is 1.69. The maximum atomic E-state index is 12.8. The number of rotatable bonds is 4. The molecule has 4 rings (SSSR count). The van der Waals surface area contributed by atoms with Crippen LogP contribution in [0.4, 0.5) is 5.13 Å². The zero-order valence-electron chi connectivity index (χ0n) is 12.5. The normalized spacial score (nSPS) is 17.7. The van der Waals surface area contributed by atoms with Crippen molar-refractivity contribution in [2.24, 2.45) is 0 Å². The van der Waals surface area contributed by atoms with E-state index in [0.29, 0.717) is 17.2 Å². The monoisotopic (exact) mass is 328 g/mol. The molecule has 5 nitrogen and oxygen atoms in total. The van der Waals surface area contributed by atoms with Crippen LogP contribution in [0.1, 0.15) is 23.2 Å². The number of furan rings is 1. The lowest BCUT2D eigenvalue weighted by Gasteiger charge is -2.22. The van der Waals surface area contributed by atoms with Crippen LogP contribution < -0.4 is 4.90 Å². The minimum absolute atomic E-state index is 0.0675. The first-order valence-electron chi connectivity index (χ1n) is 7.62. The van der Waals surface area contributed by atoms with Gasteiger partial charge in [-0.05, 0) is 31.0 Å². The molecule has 1 fully saturated rings. The van der Waals surface area contributed by atoms with Gasteiger partial charge in [-0.25, -0.2) is 4.98 Å². The molecule has 1 aliphatic rings. The SMILES string of the molecule is O=C(c1ccoc1)N(C[C@@H]1CCCO1)c1nc2ccccc2s1. The lowest BCUT2D eigenvalue weighted by Crippen LogP contribution is -2.37. The van der Waals surface area contributed by atoms with Crippen molar-refractivity contribution in [2.45, 2.75) is 18.9 Å². The van der Waals surface area contributed by atoms with Gasteiger partial charge in [0.1, 0.15) is 6.26 Å². The number of fused-ring (bicyclic) bond motifs is 1. The van der Waals surface area contributed by atoms with E-state index in [9.17, 15) is 4.79 Å². The molecule has 1 atom stereocenters. The fraction of sp³-hybridized carbons (Fsp3) is 0.294. The Labute approximate surface area is 137 Å². The number of para-hydroxylation sites is 1. The Kier molecular flexibility index (Phi) is 3.85. The quantitative estimate of drug-likeness (QED) is 0.732. The van der Waals surface area contributed by atoms with E-state index in [-0.39, 0.29) is 12.0 Å². The summed E-state index contributed by atoms with van der Waals surface area (Å²) in [5.41, 5.74) is 1.44. The summed E-state index contributed by atoms with van der Waals surface area (Å²) in [5, 5.41) is 0.702. The second-order valence-electron chi connectivity index (χ2n) is 5.53. The molecule has 0 radical (unpaired) electrons. The fourth-order valence-electron chi connectivity index (χ4n) is 2.76. The van der Waals surface area contributed by atoms with Crippen molar-refractivity contribution >= 4 is 32.6 Å². The van der Waals surface area contributed by atoms with Gasteiger partial charge in [0.25, 0.3) is 5.91 Å². The first-order valence-corrected chi connectivity index (χ1v) is 8.44. The molecule has 2 aromatic heterocycles. The first-order chi connectivity index (χ1) is 11.3. The smallest absolute Gasteiger partial charge is 0.263 e. The molecule has 1 aliphatic heterocycles. The number of benzene rings is 1. The summed E-state index contributed by atoms with van der Waals surface area (Å²) in [4.78, 5) is 19.2. The molecule has 0 saturated carbocycles. The van der Waals surface area contributed by atoms with Crippen LogP contribution >= 0.6 is 11.3 Å². The third kappa shape index (κ3) is 2.87. The Bertz CT molecular complexity index is 773. The van der Waals surface area contributed by atoms with E-state index in [0.717, 1.165) is 29.7 Å². The molecule has 118 valence electrons. The van der Waals surface area contributed by atoms with E-state index < -0.39 is 0 Å². The predicted octanol–water partition coefficient (Wildman–Crippen LogP) is 3.72. The summed E-state index contributed by atoms with van der Waals surface area (Å²) < 4.78 is 11.8. The van der Waals surface area contributed by atoms with Crippen LogP contribution in [-0.4, -0.2) is 30.1 Å². The van der Waals surface area contributed by atoms with Crippen molar-refractivity contribution < 1.29 is 13.9 Å². The van der Waals surface area contributed by atoms with E-state index >= 15 is 0 Å². The van der Waals surface area contributed by atoms with Crippen LogP contribution in [0.25, 0.3) is 10.2 Å². The zero-order chi connectivity index (χ0) is 15.6. The molecule has 0 N–H and O–H groups in total. The van der Waals surface area contributed by atoms with Crippen LogP contribution in [0.2, 0.25) is 0 Å². The van der Waals surface area contributed by atoms with Crippen LogP contribution in [0, 0.1) is 0 Å². The van der Waals surface area contributed by atoms with Crippen molar-refractivity contribution in [1.82, 2.24) is 4.98 Å². The summed E-state index contributed by atoms with van der Waals surface area (Å²) >= 11 is 1.52. The molecule has 0 unspecified atom stereocenters. The van der Waals surface area contributed by atoms with Crippen LogP contribution in [0.5, 0.6) is 0 Å². The number of amides is 1. The van der Waals surface area contributed by atoms with Gasteiger partial charge in [-0.15, -0.1) is 0 Å². The molecule has 1 aromatic carbocycles. The van der Waals surface area contributed by atoms with Gasteiger partial charge in [-0.1, -0.05) is 23.5 Å². The Morgan fingerprint density at radius 2 is 2.26 bits per heavy atom. The number of thiazole rings is 1. The fourth-order valence-corrected chi connectivity index (χ4v) is 3.73. The van der Waals surface area contributed by atoms with Crippen LogP contribution in [0.15, 0.2) is 47.3 Å². The molecular formula is C17H16N2O3S. The average molecular weight is 328 g/mol. The molecule has 3 aromatic rings. The van der Waals surface area contributed by atoms with Gasteiger partial charge in [0.05, 0.1) is 34.7 Å². The molecule has 0 bridgehead atoms. The lowest BCUT2D eigenvalue weighted by molar-refractivity contribution is 0.0917. The van der Waals surface area contributed by atoms with Crippen molar-refractivity contribution in [3.63, 3.8) is 0 Å². The van der Waals surface area contributed by atoms with Crippen LogP contribution in [0.3, 0.4) is 0 Å². The number of ether oxygens (including phenoxy) is 1. The number of nitrogens with zero attached hydrogens (tertiary/aromatic N) is 2. The summed E-state index contributed by atoms with van der Waals surface area (Å²) in [6, 6.07) is 9.59. The molecule has 1 saturated heterocycles. The number of carbonyl (C=O) groups excluding carboxylic acids is 1. The Morgan fingerprint density at radius 3 is 3.00 bits per heavy atom. The maximum Gasteiger partial charge on any atom is 0.263 e. The largest absolute Gasteiger partial charge is 0.472 e. The van der Waals surface area contributed by atoms with Gasteiger partial charge in [-0.2, -0.15) is 0 Å². The molecule has 0 aliphatic carbocycles. The highest BCUT2D eigenvalue weighted by atomic mass is 32.1. The molecule has 3 heterocycles. The number of anilines is 1. The van der Waals surface area contributed by atoms with Gasteiger partial charge < -0.3 is 9.15 Å². The number of carbonyl (C=O) groups is 1. The minimum atomic E-state index is -0.103. The van der Waals surface area contributed by atoms with Gasteiger partial charge >= 0.3 is 0 Å². The second kappa shape index (κ2) is 6.14. The lowest BCUT2D eigenvalue weighted by atomic mass is 10.2. The topological polar surface area (TPSA) is 55.6 Å². The zero-order valence-corrected chi connectivity index (χ0v) is 13.3. The summed E-state index contributed by atoms with van der Waals surface area (Å²) in [7, 11) is 0. The van der Waals surface area contributed by atoms with E-state index in [1.807, 2.05) is 24.3 Å². The third-order valence-corrected chi connectivity index (χ3v) is 5.00. The molecule has 1 amide bonds. The highest BCUT2D eigenvalue weighted by molar-refractivity contribution is 7.22. The maximum absolute atomic E-state index is 12.8. The summed E-state index contributed by atoms with van der Waals surface area (Å²) in [6.45, 7) is 1.28. The third-order valence-electron chi connectivity index (χ3n) is 3.94. The molecule has 6 heteroatoms. The number of hydrogen-bond donors (Lipinski definition) is 0. The van der Waals surface area contributed by atoms with Gasteiger partial charge in [0, 0.05) is 6.61 Å². The molecule has 23 heavy (non-hydrogen) atoms. The number of aromatic nitrogens is 1. The number of hydrogen-bond acceptors (Lipinski definition) is 5. The van der Waals surface area contributed by atoms with E-state index in [1.165, 1.54) is 23.9 Å². The highest BCUT2D eigenvalue weighted by Gasteiger charge is 2.27. The van der Waals surface area contributed by atoms with E-state index in [1.54, 1.807) is 11.0 Å². The Hall–Kier alpha value is -2.18. The highest BCUT2D eigenvalue weighted by Crippen LogP contribution is 2.30. The van der Waals surface area contributed by atoms with Crippen molar-refractivity contribution in [2.75, 3.05) is 18.1 Å². The second-order valence-corrected chi connectivity index (χ2v) is 6.54. The van der Waals surface area contributed by atoms with E-state index in [4.69, 9.17) is 9.15 Å². The average Bonchev–Trinajstić information content (AvgIpc) is 3.32. The van der Waals surface area contributed by atoms with Crippen molar-refractivity contribution in [1.29, 1.82) is 0 Å². The van der Waals surface area contributed by atoms with Crippen molar-refractivity contribution in [3.8, 4) is 0 Å².